The fourth-order valence-corrected chi connectivity index (χ4v) is 2.40. The summed E-state index contributed by atoms with van der Waals surface area (Å²) in [6.07, 6.45) is -0.882. The molecule has 0 saturated carbocycles. The highest BCUT2D eigenvalue weighted by atomic mass is 79.9. The van der Waals surface area contributed by atoms with E-state index >= 15 is 0 Å². The number of β-amino-alcohol motifs (C(OH)–C–C–N with tert-alkyl or cyclic N) is 1. The number of esters is 1. The molecule has 1 heterocycles. The largest absolute Gasteiger partial charge is 0.465 e. The number of nitrogens with zero attached hydrogens (tertiary/aromatic N) is 1. The van der Waals surface area contributed by atoms with Crippen LogP contribution in [-0.2, 0) is 9.53 Å². The predicted molar refractivity (Wildman–Crippen MR) is 68.4 cm³/mol. The van der Waals surface area contributed by atoms with Gasteiger partial charge in [0, 0.05) is 4.47 Å². The lowest BCUT2D eigenvalue weighted by molar-refractivity contribution is -0.117. The molecular formula is C12H11BrFNO4. The fourth-order valence-electron chi connectivity index (χ4n) is 1.95. The first-order chi connectivity index (χ1) is 8.93. The summed E-state index contributed by atoms with van der Waals surface area (Å²) in [5.74, 6) is -2.05. The van der Waals surface area contributed by atoms with E-state index in [1.807, 2.05) is 0 Å². The molecule has 19 heavy (non-hydrogen) atoms. The van der Waals surface area contributed by atoms with Gasteiger partial charge in [0.15, 0.2) is 5.82 Å². The molecule has 1 aromatic rings. The van der Waals surface area contributed by atoms with Crippen molar-refractivity contribution >= 4 is 33.5 Å². The van der Waals surface area contributed by atoms with Gasteiger partial charge in [0.25, 0.3) is 0 Å². The van der Waals surface area contributed by atoms with Gasteiger partial charge in [-0.05, 0) is 12.1 Å². The number of hydrogen-bond donors (Lipinski definition) is 1. The summed E-state index contributed by atoms with van der Waals surface area (Å²) in [7, 11) is 1.15. The number of anilines is 1. The van der Waals surface area contributed by atoms with E-state index in [0.29, 0.717) is 4.47 Å². The van der Waals surface area contributed by atoms with E-state index in [2.05, 4.69) is 20.7 Å². The van der Waals surface area contributed by atoms with Crippen LogP contribution >= 0.6 is 15.9 Å². The Kier molecular flexibility index (Phi) is 3.86. The Labute approximate surface area is 117 Å². The van der Waals surface area contributed by atoms with E-state index in [9.17, 15) is 19.1 Å². The minimum absolute atomic E-state index is 0.00677. The summed E-state index contributed by atoms with van der Waals surface area (Å²) in [6.45, 7) is 0.00677. The van der Waals surface area contributed by atoms with Crippen LogP contribution in [0.4, 0.5) is 10.1 Å². The minimum atomic E-state index is -0.836. The molecular weight excluding hydrogens is 321 g/mol. The van der Waals surface area contributed by atoms with Gasteiger partial charge in [0.2, 0.25) is 5.91 Å². The van der Waals surface area contributed by atoms with Crippen LogP contribution in [0.15, 0.2) is 16.6 Å². The highest BCUT2D eigenvalue weighted by Gasteiger charge is 2.32. The monoisotopic (exact) mass is 331 g/mol. The fraction of sp³-hybridized carbons (Fsp3) is 0.333. The lowest BCUT2D eigenvalue weighted by Crippen LogP contribution is -2.27. The first-order valence-electron chi connectivity index (χ1n) is 5.49. The van der Waals surface area contributed by atoms with Gasteiger partial charge in [-0.2, -0.15) is 0 Å². The third-order valence-corrected chi connectivity index (χ3v) is 3.28. The summed E-state index contributed by atoms with van der Waals surface area (Å²) in [6, 6.07) is 2.67. The van der Waals surface area contributed by atoms with Gasteiger partial charge in [-0.25, -0.2) is 9.18 Å². The number of carbonyl (C=O) groups excluding carboxylic acids is 2. The van der Waals surface area contributed by atoms with Crippen LogP contribution in [0.2, 0.25) is 0 Å². The average Bonchev–Trinajstić information content (AvgIpc) is 2.70. The second-order valence-electron chi connectivity index (χ2n) is 4.14. The number of ether oxygens (including phenoxy) is 1. The zero-order valence-corrected chi connectivity index (χ0v) is 11.6. The number of methoxy groups -OCH3 is 1. The van der Waals surface area contributed by atoms with Gasteiger partial charge < -0.3 is 14.7 Å². The van der Waals surface area contributed by atoms with Gasteiger partial charge in [0.05, 0.1) is 37.4 Å². The molecule has 0 aromatic heterocycles. The molecule has 1 saturated heterocycles. The van der Waals surface area contributed by atoms with Crippen LogP contribution in [-0.4, -0.2) is 36.7 Å². The minimum Gasteiger partial charge on any atom is -0.465 e. The van der Waals surface area contributed by atoms with Crippen LogP contribution < -0.4 is 4.90 Å². The van der Waals surface area contributed by atoms with Gasteiger partial charge in [-0.3, -0.25) is 4.79 Å². The van der Waals surface area contributed by atoms with Crippen LogP contribution in [0.25, 0.3) is 0 Å². The molecule has 0 radical (unpaired) electrons. The molecule has 1 aliphatic rings. The maximum atomic E-state index is 14.2. The topological polar surface area (TPSA) is 66.8 Å². The molecule has 102 valence electrons. The molecule has 1 unspecified atom stereocenters. The van der Waals surface area contributed by atoms with Crippen molar-refractivity contribution in [2.75, 3.05) is 18.6 Å². The third kappa shape index (κ3) is 2.62. The Balaban J connectivity index is 2.49. The number of aliphatic hydroxyl groups excluding tert-OH is 1. The van der Waals surface area contributed by atoms with E-state index in [4.69, 9.17) is 0 Å². The number of carbonyl (C=O) groups is 2. The summed E-state index contributed by atoms with van der Waals surface area (Å²) in [4.78, 5) is 24.3. The van der Waals surface area contributed by atoms with E-state index in [1.165, 1.54) is 12.1 Å². The molecule has 5 nitrogen and oxygen atoms in total. The summed E-state index contributed by atoms with van der Waals surface area (Å²) in [5, 5.41) is 9.43. The number of aliphatic hydroxyl groups is 1. The summed E-state index contributed by atoms with van der Waals surface area (Å²) < 4.78 is 19.2. The Morgan fingerprint density at radius 1 is 1.58 bits per heavy atom. The number of hydrogen-bond acceptors (Lipinski definition) is 4. The SMILES string of the molecule is COC(=O)c1cc(Br)cc(N2CC(O)CC2=O)c1F. The molecule has 1 atom stereocenters. The van der Waals surface area contributed by atoms with Crippen molar-refractivity contribution < 1.29 is 23.8 Å². The predicted octanol–water partition coefficient (Wildman–Crippen LogP) is 1.47. The Hall–Kier alpha value is -1.47. The van der Waals surface area contributed by atoms with Gasteiger partial charge in [-0.1, -0.05) is 15.9 Å². The Morgan fingerprint density at radius 2 is 2.26 bits per heavy atom. The smallest absolute Gasteiger partial charge is 0.340 e. The third-order valence-electron chi connectivity index (χ3n) is 2.82. The van der Waals surface area contributed by atoms with Crippen LogP contribution in [0, 0.1) is 5.82 Å². The second kappa shape index (κ2) is 5.26. The standard InChI is InChI=1S/C12H11BrFNO4/c1-19-12(18)8-2-6(13)3-9(11(8)14)15-5-7(16)4-10(15)17/h2-3,7,16H,4-5H2,1H3. The zero-order chi connectivity index (χ0) is 14.2. The molecule has 2 rings (SSSR count). The molecule has 0 spiro atoms. The molecule has 7 heteroatoms. The Morgan fingerprint density at radius 3 is 2.79 bits per heavy atom. The maximum Gasteiger partial charge on any atom is 0.340 e. The van der Waals surface area contributed by atoms with Crippen LogP contribution in [0.1, 0.15) is 16.8 Å². The Bertz CT molecular complexity index is 549. The molecule has 1 N–H and O–H groups in total. The zero-order valence-electron chi connectivity index (χ0n) is 10.0. The molecule has 1 aliphatic heterocycles. The summed E-state index contributed by atoms with van der Waals surface area (Å²) in [5.41, 5.74) is -0.308. The first kappa shape index (κ1) is 14.0. The maximum absolute atomic E-state index is 14.2. The second-order valence-corrected chi connectivity index (χ2v) is 5.06. The van der Waals surface area contributed by atoms with Crippen molar-refractivity contribution in [1.82, 2.24) is 0 Å². The van der Waals surface area contributed by atoms with E-state index in [-0.39, 0.29) is 30.1 Å². The van der Waals surface area contributed by atoms with E-state index in [1.54, 1.807) is 0 Å². The highest BCUT2D eigenvalue weighted by Crippen LogP contribution is 2.30. The quantitative estimate of drug-likeness (QED) is 0.833. The van der Waals surface area contributed by atoms with Gasteiger partial charge in [-0.15, -0.1) is 0 Å². The van der Waals surface area contributed by atoms with Crippen molar-refractivity contribution in [3.8, 4) is 0 Å². The molecule has 1 amide bonds. The van der Waals surface area contributed by atoms with E-state index in [0.717, 1.165) is 12.0 Å². The van der Waals surface area contributed by atoms with Crippen molar-refractivity contribution in [3.05, 3.63) is 28.0 Å². The first-order valence-corrected chi connectivity index (χ1v) is 6.29. The lowest BCUT2D eigenvalue weighted by atomic mass is 10.1. The van der Waals surface area contributed by atoms with Crippen molar-refractivity contribution in [2.24, 2.45) is 0 Å². The van der Waals surface area contributed by atoms with Crippen molar-refractivity contribution in [3.63, 3.8) is 0 Å². The summed E-state index contributed by atoms with van der Waals surface area (Å²) >= 11 is 3.15. The van der Waals surface area contributed by atoms with Crippen molar-refractivity contribution in [2.45, 2.75) is 12.5 Å². The number of benzene rings is 1. The molecule has 1 aromatic carbocycles. The average molecular weight is 332 g/mol. The van der Waals surface area contributed by atoms with Crippen LogP contribution in [0.3, 0.4) is 0 Å². The van der Waals surface area contributed by atoms with Gasteiger partial charge in [0.1, 0.15) is 0 Å². The van der Waals surface area contributed by atoms with Gasteiger partial charge >= 0.3 is 5.97 Å². The highest BCUT2D eigenvalue weighted by molar-refractivity contribution is 9.10. The number of rotatable bonds is 2. The molecule has 1 fully saturated rings. The van der Waals surface area contributed by atoms with E-state index < -0.39 is 17.9 Å². The number of halogens is 2. The van der Waals surface area contributed by atoms with Crippen LogP contribution in [0.5, 0.6) is 0 Å². The normalized spacial score (nSPS) is 18.8. The molecule has 0 aliphatic carbocycles. The lowest BCUT2D eigenvalue weighted by Gasteiger charge is -2.18. The number of amides is 1. The molecule has 0 bridgehead atoms. The van der Waals surface area contributed by atoms with Crippen molar-refractivity contribution in [1.29, 1.82) is 0 Å².